The van der Waals surface area contributed by atoms with Crippen LogP contribution in [0, 0.1) is 6.92 Å². The Morgan fingerprint density at radius 2 is 2.13 bits per heavy atom. The fraction of sp³-hybridized carbons (Fsp3) is 0.333. The number of methoxy groups -OCH3 is 1. The fourth-order valence-corrected chi connectivity index (χ4v) is 5.39. The molecule has 4 heterocycles. The first-order valence-electron chi connectivity index (χ1n) is 10.5. The smallest absolute Gasteiger partial charge is 0.264 e. The molecule has 0 aliphatic carbocycles. The Balaban J connectivity index is 1.45. The number of likely N-dealkylation sites (tertiary alicyclic amines) is 1. The van der Waals surface area contributed by atoms with E-state index in [1.165, 1.54) is 22.5 Å². The molecule has 4 aromatic rings. The van der Waals surface area contributed by atoms with Crippen LogP contribution in [0.25, 0.3) is 21.1 Å². The largest absolute Gasteiger partial charge is 0.456 e. The van der Waals surface area contributed by atoms with Crippen LogP contribution in [-0.4, -0.2) is 46.7 Å². The number of aryl methyl sites for hydroxylation is 2. The van der Waals surface area contributed by atoms with Crippen molar-refractivity contribution in [3.05, 3.63) is 53.2 Å². The number of thiophene rings is 1. The van der Waals surface area contributed by atoms with Crippen LogP contribution in [0.1, 0.15) is 28.2 Å². The van der Waals surface area contributed by atoms with Gasteiger partial charge in [-0.05, 0) is 50.1 Å². The summed E-state index contributed by atoms with van der Waals surface area (Å²) >= 11 is 1.44. The summed E-state index contributed by atoms with van der Waals surface area (Å²) < 4.78 is 14.6. The molecule has 5 rings (SSSR count). The van der Waals surface area contributed by atoms with Crippen molar-refractivity contribution in [1.29, 1.82) is 0 Å². The van der Waals surface area contributed by atoms with E-state index in [9.17, 15) is 4.79 Å². The van der Waals surface area contributed by atoms with Gasteiger partial charge in [-0.15, -0.1) is 11.3 Å². The van der Waals surface area contributed by atoms with Crippen LogP contribution in [0.3, 0.4) is 0 Å². The highest BCUT2D eigenvalue weighted by Gasteiger charge is 2.30. The normalized spacial score (nSPS) is 16.5. The van der Waals surface area contributed by atoms with Gasteiger partial charge in [0.25, 0.3) is 5.91 Å². The van der Waals surface area contributed by atoms with Crippen molar-refractivity contribution in [2.75, 3.05) is 20.3 Å². The SMILES string of the molecule is COCC1CCCN1C(=O)c1cc2nccc(Oc3ccc4c(c3)cc(C)n4C)c2s1. The number of benzene rings is 1. The molecule has 0 bridgehead atoms. The Bertz CT molecular complexity index is 1280. The number of carbonyl (C=O) groups excluding carboxylic acids is 1. The summed E-state index contributed by atoms with van der Waals surface area (Å²) in [4.78, 5) is 20.2. The predicted octanol–water partition coefficient (Wildman–Crippen LogP) is 5.14. The number of carbonyl (C=O) groups is 1. The number of hydrogen-bond acceptors (Lipinski definition) is 5. The number of fused-ring (bicyclic) bond motifs is 2. The monoisotopic (exact) mass is 435 g/mol. The van der Waals surface area contributed by atoms with Crippen LogP contribution < -0.4 is 4.74 Å². The number of ether oxygens (including phenoxy) is 2. The Kier molecular flexibility index (Phi) is 5.16. The molecule has 1 aliphatic rings. The van der Waals surface area contributed by atoms with Gasteiger partial charge >= 0.3 is 0 Å². The zero-order valence-electron chi connectivity index (χ0n) is 17.9. The average molecular weight is 436 g/mol. The molecule has 1 unspecified atom stereocenters. The topological polar surface area (TPSA) is 56.6 Å². The summed E-state index contributed by atoms with van der Waals surface area (Å²) in [5.74, 6) is 1.54. The van der Waals surface area contributed by atoms with Gasteiger partial charge in [-0.2, -0.15) is 0 Å². The van der Waals surface area contributed by atoms with Crippen molar-refractivity contribution >= 4 is 38.4 Å². The molecule has 0 radical (unpaired) electrons. The minimum absolute atomic E-state index is 0.0506. The molecule has 1 saturated heterocycles. The molecule has 1 amide bonds. The van der Waals surface area contributed by atoms with Crippen LogP contribution in [0.4, 0.5) is 0 Å². The second-order valence-corrected chi connectivity index (χ2v) is 9.10. The minimum Gasteiger partial charge on any atom is -0.456 e. The van der Waals surface area contributed by atoms with Gasteiger partial charge < -0.3 is 18.9 Å². The predicted molar refractivity (Wildman–Crippen MR) is 123 cm³/mol. The summed E-state index contributed by atoms with van der Waals surface area (Å²) in [6.45, 7) is 3.44. The third-order valence-corrected chi connectivity index (χ3v) is 7.19. The summed E-state index contributed by atoms with van der Waals surface area (Å²) in [6, 6.07) is 12.1. The number of hydrogen-bond donors (Lipinski definition) is 0. The van der Waals surface area contributed by atoms with Crippen molar-refractivity contribution in [2.45, 2.75) is 25.8 Å². The highest BCUT2D eigenvalue weighted by Crippen LogP contribution is 2.37. The molecule has 1 atom stereocenters. The van der Waals surface area contributed by atoms with Crippen molar-refractivity contribution in [2.24, 2.45) is 7.05 Å². The molecule has 7 heteroatoms. The maximum Gasteiger partial charge on any atom is 0.264 e. The maximum absolute atomic E-state index is 13.2. The lowest BCUT2D eigenvalue weighted by atomic mass is 10.2. The zero-order valence-corrected chi connectivity index (χ0v) is 18.7. The number of aromatic nitrogens is 2. The second kappa shape index (κ2) is 7.98. The van der Waals surface area contributed by atoms with E-state index >= 15 is 0 Å². The van der Waals surface area contributed by atoms with E-state index in [2.05, 4.69) is 35.7 Å². The average Bonchev–Trinajstić information content (AvgIpc) is 3.46. The Hall–Kier alpha value is -2.90. The third kappa shape index (κ3) is 3.58. The first-order valence-corrected chi connectivity index (χ1v) is 11.3. The van der Waals surface area contributed by atoms with Gasteiger partial charge in [0.05, 0.1) is 27.7 Å². The van der Waals surface area contributed by atoms with Gasteiger partial charge in [0, 0.05) is 49.6 Å². The first-order chi connectivity index (χ1) is 15.0. The molecule has 0 saturated carbocycles. The Labute approximate surface area is 185 Å². The first kappa shape index (κ1) is 20.0. The molecule has 0 spiro atoms. The van der Waals surface area contributed by atoms with E-state index < -0.39 is 0 Å². The second-order valence-electron chi connectivity index (χ2n) is 8.05. The number of rotatable bonds is 5. The van der Waals surface area contributed by atoms with Gasteiger partial charge in [0.1, 0.15) is 11.5 Å². The van der Waals surface area contributed by atoms with E-state index in [4.69, 9.17) is 9.47 Å². The minimum atomic E-state index is 0.0506. The molecule has 1 aliphatic heterocycles. The third-order valence-electron chi connectivity index (χ3n) is 6.07. The van der Waals surface area contributed by atoms with Crippen LogP contribution in [0.15, 0.2) is 42.6 Å². The van der Waals surface area contributed by atoms with Crippen LogP contribution in [0.5, 0.6) is 11.5 Å². The van der Waals surface area contributed by atoms with Crippen LogP contribution in [-0.2, 0) is 11.8 Å². The van der Waals surface area contributed by atoms with E-state index in [-0.39, 0.29) is 11.9 Å². The van der Waals surface area contributed by atoms with Crippen LogP contribution in [0.2, 0.25) is 0 Å². The molecule has 31 heavy (non-hydrogen) atoms. The zero-order chi connectivity index (χ0) is 21.5. The van der Waals surface area contributed by atoms with Crippen molar-refractivity contribution in [1.82, 2.24) is 14.5 Å². The number of pyridine rings is 1. The Morgan fingerprint density at radius 1 is 1.26 bits per heavy atom. The van der Waals surface area contributed by atoms with Crippen LogP contribution >= 0.6 is 11.3 Å². The van der Waals surface area contributed by atoms with Crippen molar-refractivity contribution in [3.8, 4) is 11.5 Å². The molecular formula is C24H25N3O3S. The van der Waals surface area contributed by atoms with E-state index in [1.54, 1.807) is 13.3 Å². The van der Waals surface area contributed by atoms with Crippen molar-refractivity contribution < 1.29 is 14.3 Å². The van der Waals surface area contributed by atoms with Crippen molar-refractivity contribution in [3.63, 3.8) is 0 Å². The molecular weight excluding hydrogens is 410 g/mol. The summed E-state index contributed by atoms with van der Waals surface area (Å²) in [7, 11) is 3.74. The summed E-state index contributed by atoms with van der Waals surface area (Å²) in [5, 5.41) is 1.14. The number of amides is 1. The van der Waals surface area contributed by atoms with Gasteiger partial charge in [-0.25, -0.2) is 0 Å². The number of nitrogens with zero attached hydrogens (tertiary/aromatic N) is 3. The quantitative estimate of drug-likeness (QED) is 0.436. The van der Waals surface area contributed by atoms with E-state index in [1.807, 2.05) is 29.2 Å². The highest BCUT2D eigenvalue weighted by molar-refractivity contribution is 7.21. The molecule has 1 aromatic carbocycles. The molecule has 1 fully saturated rings. The summed E-state index contributed by atoms with van der Waals surface area (Å²) in [6.07, 6.45) is 3.73. The standard InChI is InChI=1S/C24H25N3O3S/c1-15-11-16-12-18(6-7-20(16)26(15)2)30-21-8-9-25-19-13-22(31-23(19)21)24(28)27-10-4-5-17(27)14-29-3/h6-9,11-13,17H,4-5,10,14H2,1-3H3. The molecule has 0 N–H and O–H groups in total. The van der Waals surface area contributed by atoms with Gasteiger partial charge in [0.15, 0.2) is 0 Å². The lowest BCUT2D eigenvalue weighted by Gasteiger charge is -2.23. The molecule has 160 valence electrons. The van der Waals surface area contributed by atoms with Gasteiger partial charge in [-0.1, -0.05) is 0 Å². The maximum atomic E-state index is 13.2. The lowest BCUT2D eigenvalue weighted by molar-refractivity contribution is 0.0635. The Morgan fingerprint density at radius 3 is 2.97 bits per heavy atom. The van der Waals surface area contributed by atoms with Gasteiger partial charge in [-0.3, -0.25) is 9.78 Å². The fourth-order valence-electron chi connectivity index (χ4n) is 4.37. The lowest BCUT2D eigenvalue weighted by Crippen LogP contribution is -2.37. The summed E-state index contributed by atoms with van der Waals surface area (Å²) in [5.41, 5.74) is 3.16. The van der Waals surface area contributed by atoms with Gasteiger partial charge in [0.2, 0.25) is 0 Å². The van der Waals surface area contributed by atoms with E-state index in [0.717, 1.165) is 46.5 Å². The molecule has 6 nitrogen and oxygen atoms in total. The van der Waals surface area contributed by atoms with E-state index in [0.29, 0.717) is 11.5 Å². The highest BCUT2D eigenvalue weighted by atomic mass is 32.1. The molecule has 3 aromatic heterocycles.